The van der Waals surface area contributed by atoms with Crippen molar-refractivity contribution < 1.29 is 23.1 Å². The first-order chi connectivity index (χ1) is 17.7. The van der Waals surface area contributed by atoms with Crippen LogP contribution in [0, 0.1) is 5.41 Å². The maximum atomic E-state index is 12.7. The molecule has 3 N–H and O–H groups in total. The fourth-order valence-corrected chi connectivity index (χ4v) is 5.52. The molecule has 0 aromatic carbocycles. The van der Waals surface area contributed by atoms with Crippen molar-refractivity contribution in [2.75, 3.05) is 0 Å². The SMILES string of the molecule is Cn1ncc2cc(C(N)=O)c(OC3CC4(CC(NC(=O)c5cnc6c(cnn6CC(F)F)c5)C4)C3)nc21. The van der Waals surface area contributed by atoms with Gasteiger partial charge in [0.25, 0.3) is 18.2 Å². The normalized spacial score (nSPS) is 22.8. The maximum absolute atomic E-state index is 12.7. The molecule has 13 heteroatoms. The van der Waals surface area contributed by atoms with Crippen molar-refractivity contribution in [3.05, 3.63) is 41.9 Å². The molecule has 0 atom stereocenters. The Morgan fingerprint density at radius 1 is 1.14 bits per heavy atom. The molecule has 1 spiro atoms. The highest BCUT2D eigenvalue weighted by molar-refractivity contribution is 5.98. The Morgan fingerprint density at radius 3 is 2.59 bits per heavy atom. The third-order valence-corrected chi connectivity index (χ3v) is 7.28. The molecule has 2 aliphatic rings. The molecule has 6 rings (SSSR count). The Morgan fingerprint density at radius 2 is 1.86 bits per heavy atom. The van der Waals surface area contributed by atoms with E-state index in [-0.39, 0.29) is 34.9 Å². The summed E-state index contributed by atoms with van der Waals surface area (Å²) in [7, 11) is 1.76. The van der Waals surface area contributed by atoms with Crippen LogP contribution in [0.5, 0.6) is 5.88 Å². The molecule has 0 aliphatic heterocycles. The molecular weight excluding hydrogens is 486 g/mol. The zero-order valence-electron chi connectivity index (χ0n) is 19.9. The minimum Gasteiger partial charge on any atom is -0.474 e. The number of primary amides is 1. The molecule has 2 amide bonds. The van der Waals surface area contributed by atoms with Crippen molar-refractivity contribution in [2.24, 2.45) is 18.2 Å². The molecule has 4 aromatic rings. The molecule has 2 aliphatic carbocycles. The average molecular weight is 511 g/mol. The fraction of sp³-hybridized carbons (Fsp3) is 0.417. The molecular formula is C24H24F2N8O3. The number of hydrogen-bond donors (Lipinski definition) is 2. The van der Waals surface area contributed by atoms with E-state index in [4.69, 9.17) is 10.5 Å². The predicted molar refractivity (Wildman–Crippen MR) is 127 cm³/mol. The average Bonchev–Trinajstić information content (AvgIpc) is 3.37. The fourth-order valence-electron chi connectivity index (χ4n) is 5.52. The van der Waals surface area contributed by atoms with E-state index in [1.165, 1.54) is 12.4 Å². The summed E-state index contributed by atoms with van der Waals surface area (Å²) in [6, 6.07) is 3.28. The number of aryl methyl sites for hydroxylation is 1. The van der Waals surface area contributed by atoms with Gasteiger partial charge in [0.15, 0.2) is 11.3 Å². The largest absolute Gasteiger partial charge is 0.474 e. The van der Waals surface area contributed by atoms with Gasteiger partial charge in [0, 0.05) is 30.1 Å². The lowest BCUT2D eigenvalue weighted by molar-refractivity contribution is -0.0847. The summed E-state index contributed by atoms with van der Waals surface area (Å²) in [6.07, 6.45) is 5.01. The van der Waals surface area contributed by atoms with E-state index >= 15 is 0 Å². The van der Waals surface area contributed by atoms with Gasteiger partial charge in [-0.2, -0.15) is 15.2 Å². The number of halogens is 2. The number of nitrogens with two attached hydrogens (primary N) is 1. The van der Waals surface area contributed by atoms with E-state index in [0.717, 1.165) is 30.4 Å². The molecule has 4 aromatic heterocycles. The molecule has 2 saturated carbocycles. The summed E-state index contributed by atoms with van der Waals surface area (Å²) >= 11 is 0. The number of fused-ring (bicyclic) bond motifs is 2. The Balaban J connectivity index is 1.05. The molecule has 0 bridgehead atoms. The summed E-state index contributed by atoms with van der Waals surface area (Å²) in [5.41, 5.74) is 7.13. The Bertz CT molecular complexity index is 1530. The Kier molecular flexibility index (Phi) is 5.31. The van der Waals surface area contributed by atoms with Crippen molar-refractivity contribution in [3.8, 4) is 5.88 Å². The number of amides is 2. The molecule has 0 saturated heterocycles. The van der Waals surface area contributed by atoms with Crippen LogP contribution in [0.4, 0.5) is 8.78 Å². The monoisotopic (exact) mass is 510 g/mol. The third kappa shape index (κ3) is 4.13. The number of rotatable bonds is 7. The highest BCUT2D eigenvalue weighted by atomic mass is 19.3. The first-order valence-corrected chi connectivity index (χ1v) is 11.9. The predicted octanol–water partition coefficient (Wildman–Crippen LogP) is 2.20. The van der Waals surface area contributed by atoms with Crippen LogP contribution in [-0.4, -0.2) is 59.9 Å². The van der Waals surface area contributed by atoms with Crippen LogP contribution in [0.25, 0.3) is 22.1 Å². The van der Waals surface area contributed by atoms with Crippen molar-refractivity contribution in [1.29, 1.82) is 0 Å². The van der Waals surface area contributed by atoms with Crippen LogP contribution in [0.3, 0.4) is 0 Å². The van der Waals surface area contributed by atoms with Crippen LogP contribution in [0.2, 0.25) is 0 Å². The first kappa shape index (κ1) is 23.3. The van der Waals surface area contributed by atoms with Gasteiger partial charge in [0.2, 0.25) is 5.88 Å². The number of alkyl halides is 2. The lowest BCUT2D eigenvalue weighted by Crippen LogP contribution is -2.58. The minimum atomic E-state index is -2.54. The second-order valence-corrected chi connectivity index (χ2v) is 9.97. The summed E-state index contributed by atoms with van der Waals surface area (Å²) < 4.78 is 34.1. The Labute approximate surface area is 209 Å². The quantitative estimate of drug-likeness (QED) is 0.388. The van der Waals surface area contributed by atoms with Gasteiger partial charge in [-0.1, -0.05) is 0 Å². The van der Waals surface area contributed by atoms with Crippen molar-refractivity contribution in [1.82, 2.24) is 34.8 Å². The standard InChI is InChI=1S/C24H24F2N8O3/c1-33-21-13(9-29-33)3-17(19(27)35)23(32-21)37-16-6-24(7-16)4-15(5-24)31-22(36)14-2-12-10-30-34(11-18(25)26)20(12)28-8-14/h2-3,8-10,15-16,18H,4-7,11H2,1H3,(H2,27,35)(H,31,36). The number of nitrogens with zero attached hydrogens (tertiary/aromatic N) is 6. The number of nitrogens with one attached hydrogen (secondary N) is 1. The van der Waals surface area contributed by atoms with E-state index in [2.05, 4.69) is 25.5 Å². The van der Waals surface area contributed by atoms with Crippen LogP contribution >= 0.6 is 0 Å². The van der Waals surface area contributed by atoms with Gasteiger partial charge in [0.1, 0.15) is 18.2 Å². The third-order valence-electron chi connectivity index (χ3n) is 7.28. The van der Waals surface area contributed by atoms with Gasteiger partial charge in [-0.05, 0) is 43.2 Å². The molecule has 2 fully saturated rings. The van der Waals surface area contributed by atoms with Crippen molar-refractivity contribution in [3.63, 3.8) is 0 Å². The van der Waals surface area contributed by atoms with E-state index in [0.29, 0.717) is 27.6 Å². The van der Waals surface area contributed by atoms with Gasteiger partial charge in [-0.3, -0.25) is 14.3 Å². The molecule has 4 heterocycles. The zero-order chi connectivity index (χ0) is 25.9. The highest BCUT2D eigenvalue weighted by Crippen LogP contribution is 2.56. The lowest BCUT2D eigenvalue weighted by Gasteiger charge is -2.57. The topological polar surface area (TPSA) is 143 Å². The first-order valence-electron chi connectivity index (χ1n) is 11.9. The van der Waals surface area contributed by atoms with Gasteiger partial charge >= 0.3 is 0 Å². The second kappa shape index (κ2) is 8.46. The number of ether oxygens (including phenoxy) is 1. The van der Waals surface area contributed by atoms with Gasteiger partial charge < -0.3 is 15.8 Å². The van der Waals surface area contributed by atoms with Crippen molar-refractivity contribution in [2.45, 2.75) is 50.8 Å². The Hall–Kier alpha value is -4.16. The van der Waals surface area contributed by atoms with Crippen LogP contribution in [-0.2, 0) is 13.6 Å². The van der Waals surface area contributed by atoms with Gasteiger partial charge in [-0.25, -0.2) is 18.4 Å². The van der Waals surface area contributed by atoms with Crippen LogP contribution in [0.15, 0.2) is 30.7 Å². The van der Waals surface area contributed by atoms with Gasteiger partial charge in [-0.15, -0.1) is 0 Å². The minimum absolute atomic E-state index is 0.0239. The van der Waals surface area contributed by atoms with E-state index < -0.39 is 18.9 Å². The number of pyridine rings is 2. The van der Waals surface area contributed by atoms with E-state index in [1.54, 1.807) is 30.1 Å². The summed E-state index contributed by atoms with van der Waals surface area (Å²) in [5.74, 6) is -0.655. The number of aromatic nitrogens is 6. The van der Waals surface area contributed by atoms with Gasteiger partial charge in [0.05, 0.1) is 18.0 Å². The number of carbonyl (C=O) groups is 2. The van der Waals surface area contributed by atoms with Crippen LogP contribution in [0.1, 0.15) is 46.4 Å². The molecule has 192 valence electrons. The second-order valence-electron chi connectivity index (χ2n) is 9.97. The zero-order valence-corrected chi connectivity index (χ0v) is 19.9. The smallest absolute Gasteiger partial charge is 0.258 e. The molecule has 11 nitrogen and oxygen atoms in total. The molecule has 0 radical (unpaired) electrons. The van der Waals surface area contributed by atoms with E-state index in [1.807, 2.05) is 0 Å². The summed E-state index contributed by atoms with van der Waals surface area (Å²) in [5, 5.41) is 12.3. The van der Waals surface area contributed by atoms with Crippen molar-refractivity contribution >= 4 is 33.9 Å². The number of carbonyl (C=O) groups excluding carboxylic acids is 2. The molecule has 0 unspecified atom stereocenters. The summed E-state index contributed by atoms with van der Waals surface area (Å²) in [6.45, 7) is -0.547. The molecule has 37 heavy (non-hydrogen) atoms. The maximum Gasteiger partial charge on any atom is 0.258 e. The number of hydrogen-bond acceptors (Lipinski definition) is 7. The van der Waals surface area contributed by atoms with Crippen LogP contribution < -0.4 is 15.8 Å². The summed E-state index contributed by atoms with van der Waals surface area (Å²) in [4.78, 5) is 33.3. The van der Waals surface area contributed by atoms with E-state index in [9.17, 15) is 18.4 Å². The highest BCUT2D eigenvalue weighted by Gasteiger charge is 2.54. The lowest BCUT2D eigenvalue weighted by atomic mass is 9.53.